The summed E-state index contributed by atoms with van der Waals surface area (Å²) < 4.78 is 15.1. The third-order valence-electron chi connectivity index (χ3n) is 3.56. The first-order valence-corrected chi connectivity index (χ1v) is 8.18. The maximum atomic E-state index is 13.6. The van der Waals surface area contributed by atoms with Crippen molar-refractivity contribution in [2.45, 2.75) is 19.8 Å². The van der Waals surface area contributed by atoms with Gasteiger partial charge in [-0.25, -0.2) is 9.37 Å². The van der Waals surface area contributed by atoms with Crippen LogP contribution < -0.4 is 5.32 Å². The Balaban J connectivity index is 2.08. The molecular formula is C17H14Cl2FN3O. The van der Waals surface area contributed by atoms with Gasteiger partial charge in [0.25, 0.3) is 5.91 Å². The number of halogens is 3. The number of aryl methyl sites for hydroxylation is 1. The molecule has 0 atom stereocenters. The molecule has 3 rings (SSSR count). The van der Waals surface area contributed by atoms with E-state index in [0.717, 1.165) is 6.42 Å². The van der Waals surface area contributed by atoms with Crippen molar-refractivity contribution < 1.29 is 9.18 Å². The van der Waals surface area contributed by atoms with Gasteiger partial charge in [0, 0.05) is 6.20 Å². The number of carbonyl (C=O) groups is 1. The largest absolute Gasteiger partial charge is 0.318 e. The third-order valence-corrected chi connectivity index (χ3v) is 4.19. The number of pyridine rings is 1. The summed E-state index contributed by atoms with van der Waals surface area (Å²) in [6.07, 6.45) is 2.65. The van der Waals surface area contributed by atoms with Gasteiger partial charge in [-0.1, -0.05) is 42.6 Å². The number of carbonyl (C=O) groups excluding carboxylic acids is 1. The molecule has 4 nitrogen and oxygen atoms in total. The van der Waals surface area contributed by atoms with Crippen LogP contribution in [-0.4, -0.2) is 15.3 Å². The van der Waals surface area contributed by atoms with Crippen molar-refractivity contribution >= 4 is 40.4 Å². The number of hydrogen-bond acceptors (Lipinski definition) is 2. The molecule has 1 N–H and O–H groups in total. The van der Waals surface area contributed by atoms with Crippen molar-refractivity contribution in [3.63, 3.8) is 0 Å². The molecule has 0 spiro atoms. The number of anilines is 1. The van der Waals surface area contributed by atoms with E-state index < -0.39 is 11.7 Å². The molecule has 0 aliphatic rings. The highest BCUT2D eigenvalue weighted by Gasteiger charge is 2.21. The van der Waals surface area contributed by atoms with Crippen LogP contribution in [0.3, 0.4) is 0 Å². The summed E-state index contributed by atoms with van der Waals surface area (Å²) >= 11 is 12.2. The molecule has 0 saturated carbocycles. The Morgan fingerprint density at radius 2 is 1.96 bits per heavy atom. The zero-order valence-electron chi connectivity index (χ0n) is 12.8. The standard InChI is InChI=1S/C17H14Cl2FN3O/c1-2-4-13-16(23-9-10(20)7-8-14(23)21-13)17(24)22-15-11(18)5-3-6-12(15)19/h3,5-9H,2,4H2,1H3,(H,22,24). The molecule has 24 heavy (non-hydrogen) atoms. The number of benzene rings is 1. The normalized spacial score (nSPS) is 11.0. The van der Waals surface area contributed by atoms with E-state index >= 15 is 0 Å². The molecular weight excluding hydrogens is 352 g/mol. The molecule has 0 fully saturated rings. The van der Waals surface area contributed by atoms with E-state index in [1.54, 1.807) is 18.2 Å². The molecule has 0 aliphatic carbocycles. The predicted molar refractivity (Wildman–Crippen MR) is 93.6 cm³/mol. The number of fused-ring (bicyclic) bond motifs is 1. The lowest BCUT2D eigenvalue weighted by atomic mass is 10.2. The molecule has 3 aromatic rings. The molecule has 7 heteroatoms. The summed E-state index contributed by atoms with van der Waals surface area (Å²) in [6, 6.07) is 7.79. The number of nitrogens with zero attached hydrogens (tertiary/aromatic N) is 2. The van der Waals surface area contributed by atoms with Gasteiger partial charge in [0.2, 0.25) is 0 Å². The summed E-state index contributed by atoms with van der Waals surface area (Å²) in [7, 11) is 0. The van der Waals surface area contributed by atoms with E-state index in [0.29, 0.717) is 33.5 Å². The molecule has 0 bridgehead atoms. The smallest absolute Gasteiger partial charge is 0.274 e. The molecule has 0 unspecified atom stereocenters. The number of para-hydroxylation sites is 1. The molecule has 2 heterocycles. The lowest BCUT2D eigenvalue weighted by Crippen LogP contribution is -2.17. The quantitative estimate of drug-likeness (QED) is 0.708. The molecule has 0 radical (unpaired) electrons. The number of imidazole rings is 1. The summed E-state index contributed by atoms with van der Waals surface area (Å²) in [5, 5.41) is 3.36. The second kappa shape index (κ2) is 6.79. The van der Waals surface area contributed by atoms with Crippen LogP contribution in [0.1, 0.15) is 29.5 Å². The lowest BCUT2D eigenvalue weighted by Gasteiger charge is -2.10. The van der Waals surface area contributed by atoms with Crippen molar-refractivity contribution in [3.8, 4) is 0 Å². The maximum absolute atomic E-state index is 13.6. The van der Waals surface area contributed by atoms with Gasteiger partial charge in [0.05, 0.1) is 21.4 Å². The second-order valence-electron chi connectivity index (χ2n) is 5.28. The van der Waals surface area contributed by atoms with Crippen molar-refractivity contribution in [1.29, 1.82) is 0 Å². The SMILES string of the molecule is CCCc1nc2ccc(F)cn2c1C(=O)Nc1c(Cl)cccc1Cl. The van der Waals surface area contributed by atoms with Crippen LogP contribution in [0.4, 0.5) is 10.1 Å². The predicted octanol–water partition coefficient (Wildman–Crippen LogP) is 4.99. The van der Waals surface area contributed by atoms with E-state index in [2.05, 4.69) is 10.3 Å². The number of aromatic nitrogens is 2. The van der Waals surface area contributed by atoms with Gasteiger partial charge in [-0.05, 0) is 30.7 Å². The molecule has 124 valence electrons. The minimum absolute atomic E-state index is 0.280. The highest BCUT2D eigenvalue weighted by molar-refractivity contribution is 6.40. The van der Waals surface area contributed by atoms with Gasteiger partial charge in [-0.2, -0.15) is 0 Å². The minimum atomic E-state index is -0.451. The van der Waals surface area contributed by atoms with Crippen LogP contribution in [0.25, 0.3) is 5.65 Å². The molecule has 1 amide bonds. The van der Waals surface area contributed by atoms with E-state index in [1.807, 2.05) is 6.92 Å². The number of nitrogens with one attached hydrogen (secondary N) is 1. The van der Waals surface area contributed by atoms with Crippen molar-refractivity contribution in [3.05, 3.63) is 63.8 Å². The van der Waals surface area contributed by atoms with Crippen LogP contribution in [0.2, 0.25) is 10.0 Å². The average molecular weight is 366 g/mol. The Bertz CT molecular complexity index is 903. The van der Waals surface area contributed by atoms with E-state index in [1.165, 1.54) is 22.7 Å². The molecule has 0 aliphatic heterocycles. The molecule has 1 aromatic carbocycles. The first kappa shape index (κ1) is 16.7. The van der Waals surface area contributed by atoms with Crippen molar-refractivity contribution in [2.75, 3.05) is 5.32 Å². The summed E-state index contributed by atoms with van der Waals surface area (Å²) in [5.41, 5.74) is 1.71. The van der Waals surface area contributed by atoms with Crippen LogP contribution in [-0.2, 0) is 6.42 Å². The van der Waals surface area contributed by atoms with E-state index in [9.17, 15) is 9.18 Å². The first-order chi connectivity index (χ1) is 11.5. The van der Waals surface area contributed by atoms with Crippen molar-refractivity contribution in [1.82, 2.24) is 9.38 Å². The Kier molecular flexibility index (Phi) is 4.73. The fourth-order valence-electron chi connectivity index (χ4n) is 2.51. The van der Waals surface area contributed by atoms with E-state index in [-0.39, 0.29) is 5.69 Å². The van der Waals surface area contributed by atoms with Gasteiger partial charge in [0.15, 0.2) is 0 Å². The minimum Gasteiger partial charge on any atom is -0.318 e. The van der Waals surface area contributed by atoms with Gasteiger partial charge >= 0.3 is 0 Å². The van der Waals surface area contributed by atoms with Gasteiger partial charge in [-0.3, -0.25) is 9.20 Å². The highest BCUT2D eigenvalue weighted by atomic mass is 35.5. The van der Waals surface area contributed by atoms with Gasteiger partial charge < -0.3 is 5.32 Å². The molecule has 2 aromatic heterocycles. The highest BCUT2D eigenvalue weighted by Crippen LogP contribution is 2.30. The van der Waals surface area contributed by atoms with Crippen LogP contribution in [0.15, 0.2) is 36.5 Å². The molecule has 0 saturated heterocycles. The van der Waals surface area contributed by atoms with Crippen LogP contribution in [0, 0.1) is 5.82 Å². The number of hydrogen-bond donors (Lipinski definition) is 1. The Hall–Kier alpha value is -2.11. The van der Waals surface area contributed by atoms with Crippen LogP contribution >= 0.6 is 23.2 Å². The third kappa shape index (κ3) is 3.09. The van der Waals surface area contributed by atoms with Crippen LogP contribution in [0.5, 0.6) is 0 Å². The fourth-order valence-corrected chi connectivity index (χ4v) is 3.00. The Morgan fingerprint density at radius 3 is 2.62 bits per heavy atom. The van der Waals surface area contributed by atoms with E-state index in [4.69, 9.17) is 23.2 Å². The lowest BCUT2D eigenvalue weighted by molar-refractivity contribution is 0.102. The summed E-state index contributed by atoms with van der Waals surface area (Å²) in [4.78, 5) is 17.2. The Morgan fingerprint density at radius 1 is 1.25 bits per heavy atom. The summed E-state index contributed by atoms with van der Waals surface area (Å²) in [6.45, 7) is 1.98. The van der Waals surface area contributed by atoms with Gasteiger partial charge in [-0.15, -0.1) is 0 Å². The number of amides is 1. The first-order valence-electron chi connectivity index (χ1n) is 7.43. The zero-order chi connectivity index (χ0) is 17.3. The zero-order valence-corrected chi connectivity index (χ0v) is 14.3. The maximum Gasteiger partial charge on any atom is 0.274 e. The number of rotatable bonds is 4. The van der Waals surface area contributed by atoms with Crippen molar-refractivity contribution in [2.24, 2.45) is 0 Å². The monoisotopic (exact) mass is 365 g/mol. The van der Waals surface area contributed by atoms with Gasteiger partial charge in [0.1, 0.15) is 17.2 Å². The summed E-state index contributed by atoms with van der Waals surface area (Å²) in [5.74, 6) is -0.890. The topological polar surface area (TPSA) is 46.4 Å². The fraction of sp³-hybridized carbons (Fsp3) is 0.176. The Labute approximate surface area is 148 Å². The average Bonchev–Trinajstić information content (AvgIpc) is 2.88. The second-order valence-corrected chi connectivity index (χ2v) is 6.10.